The number of nitrogens with two attached hydrogens (primary N) is 1. The van der Waals surface area contributed by atoms with E-state index in [0.717, 1.165) is 27.3 Å². The fourth-order valence-electron chi connectivity index (χ4n) is 4.79. The van der Waals surface area contributed by atoms with Crippen molar-refractivity contribution in [3.8, 4) is 0 Å². The van der Waals surface area contributed by atoms with Gasteiger partial charge in [-0.05, 0) is 53.9 Å². The van der Waals surface area contributed by atoms with Gasteiger partial charge < -0.3 is 15.1 Å². The topological polar surface area (TPSA) is 59.5 Å². The number of alkyl halides is 2. The van der Waals surface area contributed by atoms with Gasteiger partial charge in [-0.15, -0.1) is 0 Å². The molecule has 1 aliphatic heterocycles. The predicted molar refractivity (Wildman–Crippen MR) is 133 cm³/mol. The molecule has 182 valence electrons. The van der Waals surface area contributed by atoms with Gasteiger partial charge in [-0.3, -0.25) is 4.79 Å². The highest BCUT2D eigenvalue weighted by Gasteiger charge is 2.35. The lowest BCUT2D eigenvalue weighted by Crippen LogP contribution is -2.42. The molecule has 4 nitrogen and oxygen atoms in total. The molecule has 0 saturated carbocycles. The van der Waals surface area contributed by atoms with Gasteiger partial charge in [-0.2, -0.15) is 0 Å². The number of carbonyl (C=O) groups is 1. The fraction of sp³-hybridized carbons (Fsp3) is 0.296. The molecule has 5 rings (SSSR count). The Morgan fingerprint density at radius 1 is 1.06 bits per heavy atom. The van der Waals surface area contributed by atoms with Crippen LogP contribution in [0, 0.1) is 0 Å². The number of carbonyl (C=O) groups excluding carboxylic acids is 1. The van der Waals surface area contributed by atoms with Crippen LogP contribution in [0.5, 0.6) is 0 Å². The maximum atomic E-state index is 13.5. The van der Waals surface area contributed by atoms with Crippen molar-refractivity contribution in [3.05, 3.63) is 91.7 Å². The van der Waals surface area contributed by atoms with Crippen LogP contribution in [0.25, 0.3) is 11.6 Å². The van der Waals surface area contributed by atoms with Crippen molar-refractivity contribution in [3.63, 3.8) is 0 Å². The van der Waals surface area contributed by atoms with E-state index in [-0.39, 0.29) is 44.3 Å². The van der Waals surface area contributed by atoms with E-state index in [4.69, 9.17) is 33.4 Å². The number of hydrogen-bond donors (Lipinski definition) is 1. The Morgan fingerprint density at radius 3 is 2.34 bits per heavy atom. The number of furan rings is 1. The summed E-state index contributed by atoms with van der Waals surface area (Å²) >= 11 is 12.6. The van der Waals surface area contributed by atoms with Crippen LogP contribution in [0.1, 0.15) is 52.4 Å². The van der Waals surface area contributed by atoms with Crippen LogP contribution < -0.4 is 16.4 Å². The summed E-state index contributed by atoms with van der Waals surface area (Å²) in [6.45, 7) is 0.419. The van der Waals surface area contributed by atoms with Gasteiger partial charge in [0.1, 0.15) is 11.2 Å². The van der Waals surface area contributed by atoms with Crippen molar-refractivity contribution in [2.75, 3.05) is 13.1 Å². The molecule has 35 heavy (non-hydrogen) atoms. The summed E-state index contributed by atoms with van der Waals surface area (Å²) in [4.78, 5) is 14.3. The Balaban J connectivity index is 1.44. The zero-order chi connectivity index (χ0) is 24.7. The largest absolute Gasteiger partial charge is 0.459 e. The van der Waals surface area contributed by atoms with Gasteiger partial charge >= 0.3 is 0 Å². The lowest BCUT2D eigenvalue weighted by molar-refractivity contribution is -0.0494. The average molecular weight is 517 g/mol. The van der Waals surface area contributed by atoms with E-state index in [1.54, 1.807) is 18.2 Å². The Labute approximate surface area is 211 Å². The van der Waals surface area contributed by atoms with E-state index in [2.05, 4.69) is 6.08 Å². The number of rotatable bonds is 4. The third-order valence-electron chi connectivity index (χ3n) is 6.67. The smallest absolute Gasteiger partial charge is 0.253 e. The monoisotopic (exact) mass is 516 g/mol. The zero-order valence-corrected chi connectivity index (χ0v) is 20.4. The molecule has 1 aromatic heterocycles. The normalized spacial score (nSPS) is 19.3. The molecule has 1 atom stereocenters. The van der Waals surface area contributed by atoms with E-state index in [1.165, 1.54) is 4.90 Å². The summed E-state index contributed by atoms with van der Waals surface area (Å²) in [6, 6.07) is 14.7. The van der Waals surface area contributed by atoms with Crippen LogP contribution in [-0.2, 0) is 6.54 Å². The molecule has 1 saturated heterocycles. The number of benzene rings is 2. The second kappa shape index (κ2) is 9.41. The molecule has 2 heterocycles. The van der Waals surface area contributed by atoms with E-state index in [9.17, 15) is 13.6 Å². The molecule has 0 radical (unpaired) electrons. The molecule has 1 amide bonds. The van der Waals surface area contributed by atoms with Crippen molar-refractivity contribution in [1.29, 1.82) is 0 Å². The second-order valence-corrected chi connectivity index (χ2v) is 9.96. The molecule has 0 bridgehead atoms. The number of halogens is 4. The molecule has 2 aromatic carbocycles. The second-order valence-electron chi connectivity index (χ2n) is 9.09. The molecule has 0 spiro atoms. The van der Waals surface area contributed by atoms with Crippen molar-refractivity contribution in [2.24, 2.45) is 5.73 Å². The summed E-state index contributed by atoms with van der Waals surface area (Å²) in [6.07, 6.45) is 2.20. The highest BCUT2D eigenvalue weighted by Crippen LogP contribution is 2.34. The molecule has 2 N–H and O–H groups in total. The molecular formula is C27H24Cl2F2N2O2. The van der Waals surface area contributed by atoms with Gasteiger partial charge in [-0.1, -0.05) is 41.4 Å². The average Bonchev–Trinajstić information content (AvgIpc) is 3.26. The predicted octanol–water partition coefficient (Wildman–Crippen LogP) is 5.08. The molecule has 1 unspecified atom stereocenters. The number of nitrogens with zero attached hydrogens (tertiary/aromatic N) is 1. The summed E-state index contributed by atoms with van der Waals surface area (Å²) in [5.41, 5.74) is 9.97. The zero-order valence-electron chi connectivity index (χ0n) is 18.9. The first-order valence-electron chi connectivity index (χ1n) is 11.5. The number of fused-ring (bicyclic) bond motifs is 1. The van der Waals surface area contributed by atoms with E-state index < -0.39 is 5.92 Å². The minimum Gasteiger partial charge on any atom is -0.459 e. The molecule has 3 aromatic rings. The first kappa shape index (κ1) is 24.0. The highest BCUT2D eigenvalue weighted by atomic mass is 35.5. The molecule has 1 aliphatic carbocycles. The molecule has 1 fully saturated rings. The quantitative estimate of drug-likeness (QED) is 0.525. The third kappa shape index (κ3) is 5.01. The van der Waals surface area contributed by atoms with Crippen LogP contribution in [0.15, 0.2) is 52.9 Å². The van der Waals surface area contributed by atoms with Crippen LogP contribution in [0.3, 0.4) is 0 Å². The van der Waals surface area contributed by atoms with Crippen LogP contribution >= 0.6 is 23.2 Å². The van der Waals surface area contributed by atoms with Gasteiger partial charge in [-0.25, -0.2) is 8.78 Å². The van der Waals surface area contributed by atoms with Gasteiger partial charge in [0.25, 0.3) is 11.8 Å². The Bertz CT molecular complexity index is 1370. The minimum absolute atomic E-state index is 0.0244. The number of likely N-dealkylation sites (tertiary alicyclic amines) is 1. The van der Waals surface area contributed by atoms with Gasteiger partial charge in [0.2, 0.25) is 0 Å². The third-order valence-corrected chi connectivity index (χ3v) is 7.11. The molecule has 2 aliphatic rings. The van der Waals surface area contributed by atoms with Gasteiger partial charge in [0.15, 0.2) is 0 Å². The lowest BCUT2D eigenvalue weighted by Gasteiger charge is -2.31. The van der Waals surface area contributed by atoms with Crippen molar-refractivity contribution >= 4 is 40.8 Å². The maximum Gasteiger partial charge on any atom is 0.253 e. The van der Waals surface area contributed by atoms with Crippen molar-refractivity contribution in [1.82, 2.24) is 4.90 Å². The van der Waals surface area contributed by atoms with Crippen LogP contribution in [0.4, 0.5) is 8.78 Å². The Hall–Kier alpha value is -2.67. The molecule has 8 heteroatoms. The summed E-state index contributed by atoms with van der Waals surface area (Å²) < 4.78 is 33.0. The van der Waals surface area contributed by atoms with Gasteiger partial charge in [0, 0.05) is 58.2 Å². The van der Waals surface area contributed by atoms with Crippen LogP contribution in [-0.4, -0.2) is 29.8 Å². The highest BCUT2D eigenvalue weighted by molar-refractivity contribution is 6.34. The van der Waals surface area contributed by atoms with E-state index in [0.29, 0.717) is 27.8 Å². The number of piperidine rings is 1. The maximum absolute atomic E-state index is 13.5. The summed E-state index contributed by atoms with van der Waals surface area (Å²) in [7, 11) is 0. The first-order valence-corrected chi connectivity index (χ1v) is 12.3. The standard InChI is InChI=1S/C27H24Cl2F2N2O2/c28-21-10-19(11-22(29)14-21)24-13-18(9-20-12-23(15-32)35-25(20)24)16-1-3-17(4-2-16)26(34)33-7-5-27(30,31)6-8-33/h1-4,9-12,14,18H,5-8,13,15,32H2. The van der Waals surface area contributed by atoms with E-state index in [1.807, 2.05) is 30.3 Å². The lowest BCUT2D eigenvalue weighted by atomic mass is 9.85. The first-order chi connectivity index (χ1) is 16.7. The van der Waals surface area contributed by atoms with E-state index >= 15 is 0 Å². The van der Waals surface area contributed by atoms with Crippen molar-refractivity contribution < 1.29 is 18.0 Å². The number of hydrogen-bond acceptors (Lipinski definition) is 3. The Morgan fingerprint density at radius 2 is 1.71 bits per heavy atom. The summed E-state index contributed by atoms with van der Waals surface area (Å²) in [5, 5.41) is 2.02. The van der Waals surface area contributed by atoms with Crippen LogP contribution in [0.2, 0.25) is 10.0 Å². The Kier molecular flexibility index (Phi) is 6.47. The molecular weight excluding hydrogens is 493 g/mol. The van der Waals surface area contributed by atoms with Gasteiger partial charge in [0.05, 0.1) is 6.54 Å². The fourth-order valence-corrected chi connectivity index (χ4v) is 5.32. The summed E-state index contributed by atoms with van der Waals surface area (Å²) in [5.74, 6) is -2.19. The SMILES string of the molecule is NCc1cc2c(o1)=C(c1cc(Cl)cc(Cl)c1)CC(c1ccc(C(=O)N3CCC(F)(F)CC3)cc1)C=2. The minimum atomic E-state index is -2.69. The van der Waals surface area contributed by atoms with Crippen molar-refractivity contribution in [2.45, 2.75) is 37.6 Å². The number of amides is 1.